The van der Waals surface area contributed by atoms with Crippen LogP contribution in [0.1, 0.15) is 44.6 Å². The molecular weight excluding hydrogens is 224 g/mol. The van der Waals surface area contributed by atoms with Gasteiger partial charge >= 0.3 is 0 Å². The van der Waals surface area contributed by atoms with Crippen molar-refractivity contribution in [2.75, 3.05) is 5.32 Å². The fourth-order valence-electron chi connectivity index (χ4n) is 2.16. The van der Waals surface area contributed by atoms with Crippen LogP contribution in [0, 0.1) is 5.92 Å². The molecule has 3 heteroatoms. The van der Waals surface area contributed by atoms with Crippen LogP contribution in [0.25, 0.3) is 0 Å². The SMILES string of the molecule is CC(C)c1ccccc1NC(=O)[C@@H](N)CC1CC1. The second kappa shape index (κ2) is 5.53. The van der Waals surface area contributed by atoms with Gasteiger partial charge < -0.3 is 11.1 Å². The lowest BCUT2D eigenvalue weighted by molar-refractivity contribution is -0.117. The van der Waals surface area contributed by atoms with Gasteiger partial charge in [-0.3, -0.25) is 4.79 Å². The molecule has 0 aliphatic heterocycles. The smallest absolute Gasteiger partial charge is 0.241 e. The molecule has 1 aliphatic carbocycles. The Morgan fingerprint density at radius 3 is 2.67 bits per heavy atom. The van der Waals surface area contributed by atoms with Gasteiger partial charge in [0.2, 0.25) is 5.91 Å². The van der Waals surface area contributed by atoms with E-state index in [2.05, 4.69) is 19.2 Å². The van der Waals surface area contributed by atoms with Crippen LogP contribution in [0.5, 0.6) is 0 Å². The van der Waals surface area contributed by atoms with Gasteiger partial charge in [0.05, 0.1) is 6.04 Å². The maximum absolute atomic E-state index is 12.0. The molecule has 1 aromatic rings. The summed E-state index contributed by atoms with van der Waals surface area (Å²) in [5, 5.41) is 2.96. The van der Waals surface area contributed by atoms with Gasteiger partial charge in [0.15, 0.2) is 0 Å². The molecule has 0 heterocycles. The zero-order valence-electron chi connectivity index (χ0n) is 11.1. The van der Waals surface area contributed by atoms with Crippen LogP contribution in [0.2, 0.25) is 0 Å². The van der Waals surface area contributed by atoms with Crippen molar-refractivity contribution < 1.29 is 4.79 Å². The maximum atomic E-state index is 12.0. The molecular formula is C15H22N2O. The maximum Gasteiger partial charge on any atom is 0.241 e. The van der Waals surface area contributed by atoms with E-state index in [9.17, 15) is 4.79 Å². The Labute approximate surface area is 109 Å². The first-order chi connectivity index (χ1) is 8.58. The number of carbonyl (C=O) groups excluding carboxylic acids is 1. The van der Waals surface area contributed by atoms with E-state index in [1.54, 1.807) is 0 Å². The van der Waals surface area contributed by atoms with Crippen molar-refractivity contribution in [2.24, 2.45) is 11.7 Å². The van der Waals surface area contributed by atoms with Gasteiger partial charge in [-0.25, -0.2) is 0 Å². The molecule has 1 fully saturated rings. The minimum absolute atomic E-state index is 0.0602. The second-order valence-corrected chi connectivity index (χ2v) is 5.52. The summed E-state index contributed by atoms with van der Waals surface area (Å²) in [6.45, 7) is 4.24. The third-order valence-corrected chi connectivity index (χ3v) is 3.46. The van der Waals surface area contributed by atoms with E-state index < -0.39 is 0 Å². The second-order valence-electron chi connectivity index (χ2n) is 5.52. The first-order valence-corrected chi connectivity index (χ1v) is 6.73. The lowest BCUT2D eigenvalue weighted by Gasteiger charge is -2.16. The summed E-state index contributed by atoms with van der Waals surface area (Å²) >= 11 is 0. The molecule has 0 saturated heterocycles. The molecule has 3 nitrogen and oxygen atoms in total. The van der Waals surface area contributed by atoms with E-state index in [0.29, 0.717) is 11.8 Å². The van der Waals surface area contributed by atoms with Gasteiger partial charge in [0.1, 0.15) is 0 Å². The molecule has 0 radical (unpaired) electrons. The summed E-state index contributed by atoms with van der Waals surface area (Å²) in [5.41, 5.74) is 7.97. The summed E-state index contributed by atoms with van der Waals surface area (Å²) < 4.78 is 0. The van der Waals surface area contributed by atoms with E-state index in [0.717, 1.165) is 17.7 Å². The minimum Gasteiger partial charge on any atom is -0.324 e. The number of nitrogens with one attached hydrogen (secondary N) is 1. The predicted octanol–water partition coefficient (Wildman–Crippen LogP) is 2.88. The molecule has 0 aromatic heterocycles. The number of hydrogen-bond donors (Lipinski definition) is 2. The number of para-hydroxylation sites is 1. The predicted molar refractivity (Wildman–Crippen MR) is 74.5 cm³/mol. The quantitative estimate of drug-likeness (QED) is 0.839. The highest BCUT2D eigenvalue weighted by Crippen LogP contribution is 2.33. The molecule has 0 spiro atoms. The number of rotatable bonds is 5. The van der Waals surface area contributed by atoms with Crippen molar-refractivity contribution in [3.8, 4) is 0 Å². The molecule has 18 heavy (non-hydrogen) atoms. The third kappa shape index (κ3) is 3.33. The summed E-state index contributed by atoms with van der Waals surface area (Å²) in [6.07, 6.45) is 3.27. The van der Waals surface area contributed by atoms with Crippen molar-refractivity contribution in [1.82, 2.24) is 0 Å². The number of nitrogens with two attached hydrogens (primary N) is 1. The number of anilines is 1. The first-order valence-electron chi connectivity index (χ1n) is 6.73. The molecule has 1 amide bonds. The highest BCUT2D eigenvalue weighted by Gasteiger charge is 2.27. The van der Waals surface area contributed by atoms with E-state index in [-0.39, 0.29) is 11.9 Å². The lowest BCUT2D eigenvalue weighted by Crippen LogP contribution is -2.36. The molecule has 0 bridgehead atoms. The number of benzene rings is 1. The lowest BCUT2D eigenvalue weighted by atomic mass is 10.0. The van der Waals surface area contributed by atoms with E-state index in [4.69, 9.17) is 5.73 Å². The normalized spacial score (nSPS) is 16.7. The number of hydrogen-bond acceptors (Lipinski definition) is 2. The van der Waals surface area contributed by atoms with Crippen LogP contribution in [-0.4, -0.2) is 11.9 Å². The summed E-state index contributed by atoms with van der Waals surface area (Å²) in [5.74, 6) is 1.00. The number of amides is 1. The van der Waals surface area contributed by atoms with Crippen molar-refractivity contribution in [1.29, 1.82) is 0 Å². The Balaban J connectivity index is 2.01. The van der Waals surface area contributed by atoms with E-state index in [1.807, 2.05) is 24.3 Å². The monoisotopic (exact) mass is 246 g/mol. The topological polar surface area (TPSA) is 55.1 Å². The Morgan fingerprint density at radius 2 is 2.06 bits per heavy atom. The zero-order chi connectivity index (χ0) is 13.1. The van der Waals surface area contributed by atoms with Crippen molar-refractivity contribution >= 4 is 11.6 Å². The Morgan fingerprint density at radius 1 is 1.39 bits per heavy atom. The fraction of sp³-hybridized carbons (Fsp3) is 0.533. The Bertz CT molecular complexity index is 424. The molecule has 1 saturated carbocycles. The van der Waals surface area contributed by atoms with E-state index >= 15 is 0 Å². The average molecular weight is 246 g/mol. The van der Waals surface area contributed by atoms with Crippen LogP contribution in [-0.2, 0) is 4.79 Å². The molecule has 1 aliphatic rings. The van der Waals surface area contributed by atoms with Crippen molar-refractivity contribution in [2.45, 2.75) is 45.1 Å². The number of carbonyl (C=O) groups is 1. The van der Waals surface area contributed by atoms with Crippen LogP contribution in [0.15, 0.2) is 24.3 Å². The molecule has 1 aromatic carbocycles. The molecule has 1 atom stereocenters. The summed E-state index contributed by atoms with van der Waals surface area (Å²) in [6, 6.07) is 7.55. The van der Waals surface area contributed by atoms with E-state index in [1.165, 1.54) is 12.8 Å². The molecule has 0 unspecified atom stereocenters. The van der Waals surface area contributed by atoms with Gasteiger partial charge in [-0.1, -0.05) is 44.9 Å². The molecule has 3 N–H and O–H groups in total. The van der Waals surface area contributed by atoms with Crippen LogP contribution in [0.4, 0.5) is 5.69 Å². The fourth-order valence-corrected chi connectivity index (χ4v) is 2.16. The Hall–Kier alpha value is -1.35. The standard InChI is InChI=1S/C15H22N2O/c1-10(2)12-5-3-4-6-14(12)17-15(18)13(16)9-11-7-8-11/h3-6,10-11,13H,7-9,16H2,1-2H3,(H,17,18)/t13-/m0/s1. The Kier molecular flexibility index (Phi) is 4.02. The van der Waals surface area contributed by atoms with Crippen molar-refractivity contribution in [3.05, 3.63) is 29.8 Å². The minimum atomic E-state index is -0.377. The van der Waals surface area contributed by atoms with Crippen LogP contribution < -0.4 is 11.1 Å². The molecule has 98 valence electrons. The largest absolute Gasteiger partial charge is 0.324 e. The highest BCUT2D eigenvalue weighted by molar-refractivity contribution is 5.95. The zero-order valence-corrected chi connectivity index (χ0v) is 11.1. The first kappa shape index (κ1) is 13.1. The highest BCUT2D eigenvalue weighted by atomic mass is 16.2. The van der Waals surface area contributed by atoms with Gasteiger partial charge in [-0.2, -0.15) is 0 Å². The van der Waals surface area contributed by atoms with Crippen LogP contribution >= 0.6 is 0 Å². The van der Waals surface area contributed by atoms with Gasteiger partial charge in [0, 0.05) is 5.69 Å². The third-order valence-electron chi connectivity index (χ3n) is 3.46. The summed E-state index contributed by atoms with van der Waals surface area (Å²) in [7, 11) is 0. The van der Waals surface area contributed by atoms with Gasteiger partial charge in [0.25, 0.3) is 0 Å². The molecule has 2 rings (SSSR count). The van der Waals surface area contributed by atoms with Gasteiger partial charge in [-0.05, 0) is 29.9 Å². The van der Waals surface area contributed by atoms with Crippen molar-refractivity contribution in [3.63, 3.8) is 0 Å². The van der Waals surface area contributed by atoms with Gasteiger partial charge in [-0.15, -0.1) is 0 Å². The van der Waals surface area contributed by atoms with Crippen LogP contribution in [0.3, 0.4) is 0 Å². The summed E-state index contributed by atoms with van der Waals surface area (Å²) in [4.78, 5) is 12.0. The average Bonchev–Trinajstić information content (AvgIpc) is 3.13.